The quantitative estimate of drug-likeness (QED) is 0.838. The fourth-order valence-corrected chi connectivity index (χ4v) is 2.86. The first-order chi connectivity index (χ1) is 9.97. The lowest BCUT2D eigenvalue weighted by atomic mass is 9.86. The number of methoxy groups -OCH3 is 1. The van der Waals surface area contributed by atoms with Crippen LogP contribution in [0.1, 0.15) is 50.8 Å². The minimum absolute atomic E-state index is 0.197. The zero-order valence-corrected chi connectivity index (χ0v) is 13.9. The summed E-state index contributed by atoms with van der Waals surface area (Å²) in [5.74, 6) is 0. The molecule has 1 saturated carbocycles. The molecule has 2 rings (SSSR count). The van der Waals surface area contributed by atoms with Gasteiger partial charge in [-0.1, -0.05) is 45.0 Å². The molecule has 1 atom stereocenters. The molecule has 1 fully saturated rings. The topological polar surface area (TPSA) is 38.5 Å². The number of rotatable bonds is 7. The fraction of sp³-hybridized carbons (Fsp3) is 0.667. The van der Waals surface area contributed by atoms with Crippen LogP contribution in [0, 0.1) is 0 Å². The van der Waals surface area contributed by atoms with Crippen LogP contribution in [0.2, 0.25) is 0 Å². The Labute approximate surface area is 129 Å². The second-order valence-corrected chi connectivity index (χ2v) is 7.09. The van der Waals surface area contributed by atoms with Gasteiger partial charge in [0.15, 0.2) is 0 Å². The highest BCUT2D eigenvalue weighted by Gasteiger charge is 2.33. The van der Waals surface area contributed by atoms with Gasteiger partial charge < -0.3 is 10.5 Å². The molecule has 0 bridgehead atoms. The van der Waals surface area contributed by atoms with Crippen molar-refractivity contribution in [1.82, 2.24) is 4.90 Å². The van der Waals surface area contributed by atoms with Gasteiger partial charge >= 0.3 is 0 Å². The molecule has 1 aromatic rings. The van der Waals surface area contributed by atoms with Crippen LogP contribution < -0.4 is 5.73 Å². The molecule has 0 saturated heterocycles. The number of benzene rings is 1. The molecule has 3 nitrogen and oxygen atoms in total. The molecule has 1 aromatic carbocycles. The third kappa shape index (κ3) is 4.29. The third-order valence-electron chi connectivity index (χ3n) is 4.35. The molecule has 0 spiro atoms. The van der Waals surface area contributed by atoms with Gasteiger partial charge in [-0.25, -0.2) is 0 Å². The van der Waals surface area contributed by atoms with E-state index in [0.29, 0.717) is 18.6 Å². The molecule has 3 heteroatoms. The average molecular weight is 290 g/mol. The summed E-state index contributed by atoms with van der Waals surface area (Å²) < 4.78 is 5.26. The van der Waals surface area contributed by atoms with Gasteiger partial charge in [-0.3, -0.25) is 4.90 Å². The largest absolute Gasteiger partial charge is 0.383 e. The highest BCUT2D eigenvalue weighted by molar-refractivity contribution is 5.29. The van der Waals surface area contributed by atoms with E-state index in [4.69, 9.17) is 10.5 Å². The van der Waals surface area contributed by atoms with Crippen molar-refractivity contribution in [3.63, 3.8) is 0 Å². The zero-order valence-electron chi connectivity index (χ0n) is 13.9. The predicted molar refractivity (Wildman–Crippen MR) is 88.5 cm³/mol. The first kappa shape index (κ1) is 16.5. The molecule has 0 aromatic heterocycles. The molecule has 118 valence electrons. The lowest BCUT2D eigenvalue weighted by Crippen LogP contribution is -2.37. The summed E-state index contributed by atoms with van der Waals surface area (Å²) in [5, 5.41) is 0. The maximum Gasteiger partial charge on any atom is 0.0590 e. The van der Waals surface area contributed by atoms with Gasteiger partial charge in [0.1, 0.15) is 0 Å². The maximum absolute atomic E-state index is 6.08. The van der Waals surface area contributed by atoms with Gasteiger partial charge in [0.25, 0.3) is 0 Å². The number of ether oxygens (including phenoxy) is 1. The van der Waals surface area contributed by atoms with E-state index >= 15 is 0 Å². The minimum Gasteiger partial charge on any atom is -0.383 e. The van der Waals surface area contributed by atoms with Crippen molar-refractivity contribution in [1.29, 1.82) is 0 Å². The van der Waals surface area contributed by atoms with Gasteiger partial charge in [-0.2, -0.15) is 0 Å². The smallest absolute Gasteiger partial charge is 0.0590 e. The molecule has 1 unspecified atom stereocenters. The molecule has 0 heterocycles. The van der Waals surface area contributed by atoms with Crippen molar-refractivity contribution in [3.8, 4) is 0 Å². The molecular weight excluding hydrogens is 260 g/mol. The van der Waals surface area contributed by atoms with Crippen LogP contribution in [-0.2, 0) is 10.2 Å². The Morgan fingerprint density at radius 1 is 1.24 bits per heavy atom. The Morgan fingerprint density at radius 3 is 2.29 bits per heavy atom. The highest BCUT2D eigenvalue weighted by Crippen LogP contribution is 2.34. The van der Waals surface area contributed by atoms with Crippen LogP contribution in [0.3, 0.4) is 0 Å². The van der Waals surface area contributed by atoms with E-state index in [-0.39, 0.29) is 5.41 Å². The maximum atomic E-state index is 6.08. The van der Waals surface area contributed by atoms with Crippen molar-refractivity contribution in [3.05, 3.63) is 35.4 Å². The summed E-state index contributed by atoms with van der Waals surface area (Å²) >= 11 is 0. The Balaban J connectivity index is 2.15. The average Bonchev–Trinajstić information content (AvgIpc) is 3.27. The summed E-state index contributed by atoms with van der Waals surface area (Å²) in [7, 11) is 1.76. The number of hydrogen-bond donors (Lipinski definition) is 1. The normalized spacial score (nSPS) is 17.2. The minimum atomic E-state index is 0.197. The van der Waals surface area contributed by atoms with E-state index in [1.165, 1.54) is 24.0 Å². The highest BCUT2D eigenvalue weighted by atomic mass is 16.5. The lowest BCUT2D eigenvalue weighted by molar-refractivity contribution is 0.115. The van der Waals surface area contributed by atoms with Crippen molar-refractivity contribution < 1.29 is 4.74 Å². The third-order valence-corrected chi connectivity index (χ3v) is 4.35. The SMILES string of the molecule is COCCN(C1CC1)C(CN)c1ccc(C(C)(C)C)cc1. The van der Waals surface area contributed by atoms with E-state index < -0.39 is 0 Å². The van der Waals surface area contributed by atoms with Gasteiger partial charge in [-0.15, -0.1) is 0 Å². The Morgan fingerprint density at radius 2 is 1.86 bits per heavy atom. The van der Waals surface area contributed by atoms with Crippen LogP contribution in [0.25, 0.3) is 0 Å². The second kappa shape index (κ2) is 6.91. The number of hydrogen-bond acceptors (Lipinski definition) is 3. The second-order valence-electron chi connectivity index (χ2n) is 7.09. The van der Waals surface area contributed by atoms with Crippen molar-refractivity contribution >= 4 is 0 Å². The van der Waals surface area contributed by atoms with Gasteiger partial charge in [-0.05, 0) is 29.4 Å². The van der Waals surface area contributed by atoms with Gasteiger partial charge in [0.05, 0.1) is 6.61 Å². The van der Waals surface area contributed by atoms with E-state index in [1.54, 1.807) is 7.11 Å². The molecule has 21 heavy (non-hydrogen) atoms. The summed E-state index contributed by atoms with van der Waals surface area (Å²) in [6.45, 7) is 9.14. The molecule has 0 aliphatic heterocycles. The monoisotopic (exact) mass is 290 g/mol. The van der Waals surface area contributed by atoms with E-state index in [1.807, 2.05) is 0 Å². The molecule has 1 aliphatic rings. The van der Waals surface area contributed by atoms with Crippen LogP contribution in [0.15, 0.2) is 24.3 Å². The van der Waals surface area contributed by atoms with Crippen LogP contribution >= 0.6 is 0 Å². The predicted octanol–water partition coefficient (Wildman–Crippen LogP) is 3.09. The molecular formula is C18H30N2O. The van der Waals surface area contributed by atoms with E-state index in [2.05, 4.69) is 49.9 Å². The Hall–Kier alpha value is -0.900. The zero-order chi connectivity index (χ0) is 15.5. The standard InChI is InChI=1S/C18H30N2O/c1-18(2,3)15-7-5-14(6-8-15)17(13-19)20(11-12-21-4)16-9-10-16/h5-8,16-17H,9-13,19H2,1-4H3. The van der Waals surface area contributed by atoms with Crippen molar-refractivity contribution in [2.75, 3.05) is 26.8 Å². The van der Waals surface area contributed by atoms with Crippen LogP contribution in [0.4, 0.5) is 0 Å². The van der Waals surface area contributed by atoms with Crippen molar-refractivity contribution in [2.24, 2.45) is 5.73 Å². The summed E-state index contributed by atoms with van der Waals surface area (Å²) in [4.78, 5) is 2.52. The Kier molecular flexibility index (Phi) is 5.42. The summed E-state index contributed by atoms with van der Waals surface area (Å²) in [6, 6.07) is 10.00. The number of nitrogens with two attached hydrogens (primary N) is 1. The molecule has 0 radical (unpaired) electrons. The van der Waals surface area contributed by atoms with Crippen molar-refractivity contribution in [2.45, 2.75) is 51.1 Å². The summed E-state index contributed by atoms with van der Waals surface area (Å²) in [6.07, 6.45) is 2.58. The van der Waals surface area contributed by atoms with Crippen LogP contribution in [0.5, 0.6) is 0 Å². The first-order valence-corrected chi connectivity index (χ1v) is 8.02. The molecule has 2 N–H and O–H groups in total. The Bertz CT molecular complexity index is 432. The van der Waals surface area contributed by atoms with E-state index in [0.717, 1.165) is 13.2 Å². The summed E-state index contributed by atoms with van der Waals surface area (Å²) in [5.41, 5.74) is 8.98. The number of nitrogens with zero attached hydrogens (tertiary/aromatic N) is 1. The fourth-order valence-electron chi connectivity index (χ4n) is 2.86. The van der Waals surface area contributed by atoms with Gasteiger partial charge in [0.2, 0.25) is 0 Å². The molecule has 0 amide bonds. The van der Waals surface area contributed by atoms with E-state index in [9.17, 15) is 0 Å². The van der Waals surface area contributed by atoms with Crippen LogP contribution in [-0.4, -0.2) is 37.7 Å². The van der Waals surface area contributed by atoms with Gasteiger partial charge in [0, 0.05) is 32.3 Å². The molecule has 1 aliphatic carbocycles. The first-order valence-electron chi connectivity index (χ1n) is 8.02. The lowest BCUT2D eigenvalue weighted by Gasteiger charge is -2.31.